The van der Waals surface area contributed by atoms with Crippen LogP contribution >= 0.6 is 0 Å². The maximum absolute atomic E-state index is 5.44. The lowest BCUT2D eigenvalue weighted by Crippen LogP contribution is -2.40. The Morgan fingerprint density at radius 3 is 2.46 bits per heavy atom. The molecular weight excluding hydrogens is 172 g/mol. The van der Waals surface area contributed by atoms with E-state index >= 15 is 0 Å². The smallest absolute Gasteiger partial charge is 0.164 e. The SMILES string of the molecule is COC(OC)C1CCCOC1OC. The van der Waals surface area contributed by atoms with E-state index in [9.17, 15) is 0 Å². The Kier molecular flexibility index (Phi) is 4.66. The molecule has 0 aliphatic carbocycles. The van der Waals surface area contributed by atoms with Crippen molar-refractivity contribution in [1.29, 1.82) is 0 Å². The molecule has 78 valence electrons. The monoisotopic (exact) mass is 190 g/mol. The van der Waals surface area contributed by atoms with E-state index in [1.807, 2.05) is 0 Å². The molecule has 0 aromatic rings. The van der Waals surface area contributed by atoms with Gasteiger partial charge in [-0.2, -0.15) is 0 Å². The van der Waals surface area contributed by atoms with Gasteiger partial charge in [-0.05, 0) is 12.8 Å². The quantitative estimate of drug-likeness (QED) is 0.620. The molecule has 0 bridgehead atoms. The first-order valence-electron chi connectivity index (χ1n) is 4.53. The van der Waals surface area contributed by atoms with Gasteiger partial charge in [-0.25, -0.2) is 0 Å². The van der Waals surface area contributed by atoms with Crippen molar-refractivity contribution in [2.24, 2.45) is 5.92 Å². The van der Waals surface area contributed by atoms with Crippen molar-refractivity contribution in [1.82, 2.24) is 0 Å². The summed E-state index contributed by atoms with van der Waals surface area (Å²) in [5.74, 6) is 0.175. The van der Waals surface area contributed by atoms with Gasteiger partial charge >= 0.3 is 0 Å². The molecule has 0 N–H and O–H groups in total. The molecule has 0 radical (unpaired) electrons. The first-order valence-corrected chi connectivity index (χ1v) is 4.53. The fourth-order valence-corrected chi connectivity index (χ4v) is 1.73. The normalized spacial score (nSPS) is 29.5. The summed E-state index contributed by atoms with van der Waals surface area (Å²) < 4.78 is 21.0. The average molecular weight is 190 g/mol. The Morgan fingerprint density at radius 2 is 1.92 bits per heavy atom. The Labute approximate surface area is 79.1 Å². The minimum absolute atomic E-state index is 0.175. The summed E-state index contributed by atoms with van der Waals surface area (Å²) in [6, 6.07) is 0. The predicted octanol–water partition coefficient (Wildman–Crippen LogP) is 1.00. The molecule has 0 aromatic carbocycles. The number of rotatable bonds is 4. The molecule has 1 saturated heterocycles. The topological polar surface area (TPSA) is 36.9 Å². The van der Waals surface area contributed by atoms with Crippen LogP contribution in [-0.2, 0) is 18.9 Å². The van der Waals surface area contributed by atoms with Gasteiger partial charge in [0.05, 0.1) is 5.92 Å². The van der Waals surface area contributed by atoms with Crippen molar-refractivity contribution in [3.63, 3.8) is 0 Å². The van der Waals surface area contributed by atoms with Gasteiger partial charge in [-0.1, -0.05) is 0 Å². The zero-order chi connectivity index (χ0) is 9.68. The van der Waals surface area contributed by atoms with Crippen LogP contribution < -0.4 is 0 Å². The molecule has 0 spiro atoms. The summed E-state index contributed by atoms with van der Waals surface area (Å²) in [5, 5.41) is 0. The van der Waals surface area contributed by atoms with Gasteiger partial charge in [0.15, 0.2) is 12.6 Å². The number of methoxy groups -OCH3 is 3. The fraction of sp³-hybridized carbons (Fsp3) is 1.00. The van der Waals surface area contributed by atoms with Crippen LogP contribution in [-0.4, -0.2) is 40.5 Å². The van der Waals surface area contributed by atoms with Crippen LogP contribution in [0, 0.1) is 5.92 Å². The zero-order valence-corrected chi connectivity index (χ0v) is 8.49. The van der Waals surface area contributed by atoms with Crippen molar-refractivity contribution in [3.8, 4) is 0 Å². The summed E-state index contributed by atoms with van der Waals surface area (Å²) >= 11 is 0. The first kappa shape index (κ1) is 10.9. The Morgan fingerprint density at radius 1 is 1.23 bits per heavy atom. The average Bonchev–Trinajstić information content (AvgIpc) is 2.20. The summed E-state index contributed by atoms with van der Waals surface area (Å²) in [5.41, 5.74) is 0. The minimum atomic E-state index is -0.231. The molecule has 0 amide bonds. The predicted molar refractivity (Wildman–Crippen MR) is 47.3 cm³/mol. The van der Waals surface area contributed by atoms with Gasteiger partial charge in [0.25, 0.3) is 0 Å². The summed E-state index contributed by atoms with van der Waals surface area (Å²) in [6.07, 6.45) is 1.63. The first-order chi connectivity index (χ1) is 6.33. The third-order valence-corrected chi connectivity index (χ3v) is 2.36. The molecule has 2 atom stereocenters. The lowest BCUT2D eigenvalue weighted by atomic mass is 10.00. The summed E-state index contributed by atoms with van der Waals surface area (Å²) in [4.78, 5) is 0. The maximum Gasteiger partial charge on any atom is 0.164 e. The maximum atomic E-state index is 5.44. The molecule has 13 heavy (non-hydrogen) atoms. The van der Waals surface area contributed by atoms with Crippen LogP contribution in [0.15, 0.2) is 0 Å². The Balaban J connectivity index is 2.51. The minimum Gasteiger partial charge on any atom is -0.355 e. The highest BCUT2D eigenvalue weighted by Gasteiger charge is 2.33. The second-order valence-electron chi connectivity index (χ2n) is 3.12. The van der Waals surface area contributed by atoms with Crippen LogP contribution in [0.1, 0.15) is 12.8 Å². The Hall–Kier alpha value is -0.160. The van der Waals surface area contributed by atoms with E-state index in [-0.39, 0.29) is 18.5 Å². The van der Waals surface area contributed by atoms with Crippen molar-refractivity contribution >= 4 is 0 Å². The molecule has 1 rings (SSSR count). The molecule has 4 nitrogen and oxygen atoms in total. The van der Waals surface area contributed by atoms with E-state index in [0.29, 0.717) is 0 Å². The highest BCUT2D eigenvalue weighted by molar-refractivity contribution is 4.71. The number of ether oxygens (including phenoxy) is 4. The van der Waals surface area contributed by atoms with Crippen molar-refractivity contribution in [3.05, 3.63) is 0 Å². The molecule has 1 fully saturated rings. The third kappa shape index (κ3) is 2.64. The molecule has 1 heterocycles. The lowest BCUT2D eigenvalue weighted by molar-refractivity contribution is -0.246. The Bertz CT molecular complexity index is 128. The van der Waals surface area contributed by atoms with E-state index in [1.165, 1.54) is 0 Å². The summed E-state index contributed by atoms with van der Waals surface area (Å²) in [6.45, 7) is 0.759. The van der Waals surface area contributed by atoms with Crippen LogP contribution in [0.5, 0.6) is 0 Å². The van der Waals surface area contributed by atoms with Crippen molar-refractivity contribution in [2.75, 3.05) is 27.9 Å². The van der Waals surface area contributed by atoms with Gasteiger partial charge in [-0.3, -0.25) is 0 Å². The van der Waals surface area contributed by atoms with Gasteiger partial charge in [0.2, 0.25) is 0 Å². The largest absolute Gasteiger partial charge is 0.355 e. The zero-order valence-electron chi connectivity index (χ0n) is 8.49. The molecule has 1 aliphatic heterocycles. The van der Waals surface area contributed by atoms with Crippen LogP contribution in [0.25, 0.3) is 0 Å². The van der Waals surface area contributed by atoms with E-state index in [1.54, 1.807) is 21.3 Å². The number of hydrogen-bond donors (Lipinski definition) is 0. The van der Waals surface area contributed by atoms with Crippen molar-refractivity contribution in [2.45, 2.75) is 25.4 Å². The lowest BCUT2D eigenvalue weighted by Gasteiger charge is -2.34. The number of hydrogen-bond acceptors (Lipinski definition) is 4. The van der Waals surface area contributed by atoms with Gasteiger partial charge in [-0.15, -0.1) is 0 Å². The third-order valence-electron chi connectivity index (χ3n) is 2.36. The van der Waals surface area contributed by atoms with E-state index in [2.05, 4.69) is 0 Å². The van der Waals surface area contributed by atoms with E-state index in [4.69, 9.17) is 18.9 Å². The highest BCUT2D eigenvalue weighted by Crippen LogP contribution is 2.26. The van der Waals surface area contributed by atoms with Crippen LogP contribution in [0.4, 0.5) is 0 Å². The van der Waals surface area contributed by atoms with Crippen LogP contribution in [0.3, 0.4) is 0 Å². The second-order valence-corrected chi connectivity index (χ2v) is 3.12. The van der Waals surface area contributed by atoms with E-state index < -0.39 is 0 Å². The van der Waals surface area contributed by atoms with Gasteiger partial charge < -0.3 is 18.9 Å². The highest BCUT2D eigenvalue weighted by atomic mass is 16.7. The van der Waals surface area contributed by atoms with E-state index in [0.717, 1.165) is 19.4 Å². The molecule has 4 heteroatoms. The standard InChI is InChI=1S/C9H18O4/c1-10-8(11-2)7-5-4-6-13-9(7)12-3/h7-9H,4-6H2,1-3H3. The second kappa shape index (κ2) is 5.54. The van der Waals surface area contributed by atoms with Gasteiger partial charge in [0, 0.05) is 27.9 Å². The molecule has 2 unspecified atom stereocenters. The van der Waals surface area contributed by atoms with Gasteiger partial charge in [0.1, 0.15) is 0 Å². The molecule has 1 aliphatic rings. The summed E-state index contributed by atoms with van der Waals surface area (Å²) in [7, 11) is 4.91. The fourth-order valence-electron chi connectivity index (χ4n) is 1.73. The molecular formula is C9H18O4. The molecule has 0 saturated carbocycles. The van der Waals surface area contributed by atoms with Crippen molar-refractivity contribution < 1.29 is 18.9 Å². The van der Waals surface area contributed by atoms with Crippen LogP contribution in [0.2, 0.25) is 0 Å². The molecule has 0 aromatic heterocycles.